The number of nitrogens with two attached hydrogens (primary N) is 1. The van der Waals surface area contributed by atoms with Crippen LogP contribution in [0.25, 0.3) is 0 Å². The molecule has 0 bridgehead atoms. The Morgan fingerprint density at radius 2 is 2.27 bits per heavy atom. The number of benzene rings is 1. The Morgan fingerprint density at radius 3 is 2.80 bits per heavy atom. The molecule has 82 valence electrons. The van der Waals surface area contributed by atoms with Crippen molar-refractivity contribution in [2.45, 2.75) is 19.4 Å². The molecule has 0 aliphatic heterocycles. The molecule has 0 radical (unpaired) electrons. The van der Waals surface area contributed by atoms with Crippen LogP contribution in [0.3, 0.4) is 0 Å². The van der Waals surface area contributed by atoms with Crippen LogP contribution >= 0.6 is 15.9 Å². The average Bonchev–Trinajstić information content (AvgIpc) is 2.18. The van der Waals surface area contributed by atoms with E-state index in [1.165, 1.54) is 0 Å². The van der Waals surface area contributed by atoms with E-state index in [2.05, 4.69) is 15.9 Å². The van der Waals surface area contributed by atoms with E-state index in [1.54, 1.807) is 13.8 Å². The molecule has 1 rings (SSSR count). The Labute approximate surface area is 97.7 Å². The van der Waals surface area contributed by atoms with Gasteiger partial charge in [-0.3, -0.25) is 0 Å². The number of rotatable bonds is 3. The Hall–Kier alpha value is -0.870. The van der Waals surface area contributed by atoms with Gasteiger partial charge in [-0.2, -0.15) is 0 Å². The van der Waals surface area contributed by atoms with Gasteiger partial charge in [-0.05, 0) is 31.5 Å². The van der Waals surface area contributed by atoms with Crippen LogP contribution in [0.5, 0.6) is 0 Å². The van der Waals surface area contributed by atoms with Gasteiger partial charge in [0.25, 0.3) is 0 Å². The highest BCUT2D eigenvalue weighted by molar-refractivity contribution is 9.10. The molecule has 4 heteroatoms. The zero-order valence-corrected chi connectivity index (χ0v) is 10.4. The van der Waals surface area contributed by atoms with Crippen LogP contribution in [0, 0.1) is 0 Å². The molecule has 1 unspecified atom stereocenters. The van der Waals surface area contributed by atoms with E-state index in [-0.39, 0.29) is 0 Å². The SMILES string of the molecule is CCOC(=O)C(C)(N)c1cccc(Br)c1. The third kappa shape index (κ3) is 2.79. The van der Waals surface area contributed by atoms with Crippen LogP contribution in [0.2, 0.25) is 0 Å². The fourth-order valence-electron chi connectivity index (χ4n) is 1.21. The van der Waals surface area contributed by atoms with Crippen molar-refractivity contribution in [3.05, 3.63) is 34.3 Å². The Morgan fingerprint density at radius 1 is 1.60 bits per heavy atom. The summed E-state index contributed by atoms with van der Waals surface area (Å²) in [5, 5.41) is 0. The molecular weight excluding hydrogens is 258 g/mol. The lowest BCUT2D eigenvalue weighted by molar-refractivity contribution is -0.149. The normalized spacial score (nSPS) is 14.4. The summed E-state index contributed by atoms with van der Waals surface area (Å²) in [6.07, 6.45) is 0. The van der Waals surface area contributed by atoms with Gasteiger partial charge in [0.2, 0.25) is 0 Å². The van der Waals surface area contributed by atoms with Gasteiger partial charge in [0.1, 0.15) is 5.54 Å². The highest BCUT2D eigenvalue weighted by Crippen LogP contribution is 2.22. The molecule has 0 spiro atoms. The summed E-state index contributed by atoms with van der Waals surface area (Å²) in [7, 11) is 0. The third-order valence-electron chi connectivity index (χ3n) is 2.12. The van der Waals surface area contributed by atoms with E-state index in [4.69, 9.17) is 10.5 Å². The van der Waals surface area contributed by atoms with Crippen LogP contribution in [0.4, 0.5) is 0 Å². The molecule has 2 N–H and O–H groups in total. The van der Waals surface area contributed by atoms with Gasteiger partial charge in [-0.25, -0.2) is 4.79 Å². The highest BCUT2D eigenvalue weighted by atomic mass is 79.9. The van der Waals surface area contributed by atoms with Crippen molar-refractivity contribution in [2.24, 2.45) is 5.73 Å². The zero-order chi connectivity index (χ0) is 11.5. The van der Waals surface area contributed by atoms with Gasteiger partial charge in [0.15, 0.2) is 0 Å². The molecule has 15 heavy (non-hydrogen) atoms. The largest absolute Gasteiger partial charge is 0.464 e. The second-order valence-electron chi connectivity index (χ2n) is 3.43. The fourth-order valence-corrected chi connectivity index (χ4v) is 1.61. The van der Waals surface area contributed by atoms with E-state index < -0.39 is 11.5 Å². The van der Waals surface area contributed by atoms with Crippen molar-refractivity contribution >= 4 is 21.9 Å². The molecule has 1 aromatic rings. The molecule has 0 aromatic heterocycles. The van der Waals surface area contributed by atoms with Crippen molar-refractivity contribution in [2.75, 3.05) is 6.61 Å². The molecule has 3 nitrogen and oxygen atoms in total. The zero-order valence-electron chi connectivity index (χ0n) is 8.79. The minimum Gasteiger partial charge on any atom is -0.464 e. The molecule has 0 fully saturated rings. The molecular formula is C11H14BrNO2. The lowest BCUT2D eigenvalue weighted by atomic mass is 9.93. The van der Waals surface area contributed by atoms with Crippen molar-refractivity contribution in [1.29, 1.82) is 0 Å². The smallest absolute Gasteiger partial charge is 0.330 e. The molecule has 1 atom stereocenters. The van der Waals surface area contributed by atoms with Gasteiger partial charge in [-0.15, -0.1) is 0 Å². The summed E-state index contributed by atoms with van der Waals surface area (Å²) in [5.41, 5.74) is 5.58. The Kier molecular flexibility index (Phi) is 3.88. The number of carbonyl (C=O) groups excluding carboxylic acids is 1. The lowest BCUT2D eigenvalue weighted by Crippen LogP contribution is -2.43. The van der Waals surface area contributed by atoms with E-state index >= 15 is 0 Å². The predicted molar refractivity (Wildman–Crippen MR) is 62.3 cm³/mol. The minimum absolute atomic E-state index is 0.333. The monoisotopic (exact) mass is 271 g/mol. The third-order valence-corrected chi connectivity index (χ3v) is 2.62. The first-order valence-corrected chi connectivity index (χ1v) is 5.50. The van der Waals surface area contributed by atoms with Crippen molar-refractivity contribution < 1.29 is 9.53 Å². The summed E-state index contributed by atoms with van der Waals surface area (Å²) >= 11 is 3.34. The Bertz CT molecular complexity index is 363. The quantitative estimate of drug-likeness (QED) is 0.858. The summed E-state index contributed by atoms with van der Waals surface area (Å²) in [6, 6.07) is 7.34. The second-order valence-corrected chi connectivity index (χ2v) is 4.35. The maximum Gasteiger partial charge on any atom is 0.330 e. The minimum atomic E-state index is -1.10. The fraction of sp³-hybridized carbons (Fsp3) is 0.364. The number of halogens is 1. The molecule has 0 heterocycles. The molecule has 0 saturated carbocycles. The molecule has 1 aromatic carbocycles. The van der Waals surface area contributed by atoms with Gasteiger partial charge < -0.3 is 10.5 Å². The summed E-state index contributed by atoms with van der Waals surface area (Å²) < 4.78 is 5.81. The number of ether oxygens (including phenoxy) is 1. The summed E-state index contributed by atoms with van der Waals surface area (Å²) in [6.45, 7) is 3.74. The molecule has 0 aliphatic carbocycles. The molecule has 0 amide bonds. The number of carbonyl (C=O) groups is 1. The van der Waals surface area contributed by atoms with Crippen LogP contribution in [-0.4, -0.2) is 12.6 Å². The van der Waals surface area contributed by atoms with Crippen molar-refractivity contribution in [1.82, 2.24) is 0 Å². The van der Waals surface area contributed by atoms with E-state index in [1.807, 2.05) is 24.3 Å². The Balaban J connectivity index is 2.99. The molecule has 0 saturated heterocycles. The van der Waals surface area contributed by atoms with Gasteiger partial charge in [-0.1, -0.05) is 28.1 Å². The summed E-state index contributed by atoms with van der Waals surface area (Å²) in [5.74, 6) is -0.414. The number of hydrogen-bond donors (Lipinski definition) is 1. The summed E-state index contributed by atoms with van der Waals surface area (Å²) in [4.78, 5) is 11.6. The van der Waals surface area contributed by atoms with Crippen molar-refractivity contribution in [3.63, 3.8) is 0 Å². The maximum absolute atomic E-state index is 11.6. The van der Waals surface area contributed by atoms with Crippen LogP contribution in [0.15, 0.2) is 28.7 Å². The van der Waals surface area contributed by atoms with Crippen molar-refractivity contribution in [3.8, 4) is 0 Å². The van der Waals surface area contributed by atoms with Gasteiger partial charge in [0.05, 0.1) is 6.61 Å². The van der Waals surface area contributed by atoms with Crippen LogP contribution < -0.4 is 5.73 Å². The predicted octanol–water partition coefficient (Wildman–Crippen LogP) is 2.19. The number of esters is 1. The van der Waals surface area contributed by atoms with E-state index in [0.29, 0.717) is 6.61 Å². The second kappa shape index (κ2) is 4.77. The average molecular weight is 272 g/mol. The highest BCUT2D eigenvalue weighted by Gasteiger charge is 2.32. The van der Waals surface area contributed by atoms with E-state index in [9.17, 15) is 4.79 Å². The topological polar surface area (TPSA) is 52.3 Å². The van der Waals surface area contributed by atoms with Gasteiger partial charge >= 0.3 is 5.97 Å². The standard InChI is InChI=1S/C11H14BrNO2/c1-3-15-10(14)11(2,13)8-5-4-6-9(12)7-8/h4-7H,3,13H2,1-2H3. The molecule has 0 aliphatic rings. The first kappa shape index (κ1) is 12.2. The van der Waals surface area contributed by atoms with Crippen LogP contribution in [-0.2, 0) is 15.1 Å². The first-order chi connectivity index (χ1) is 6.98. The lowest BCUT2D eigenvalue weighted by Gasteiger charge is -2.22. The van der Waals surface area contributed by atoms with Crippen LogP contribution in [0.1, 0.15) is 19.4 Å². The maximum atomic E-state index is 11.6. The first-order valence-electron chi connectivity index (χ1n) is 4.70. The van der Waals surface area contributed by atoms with E-state index in [0.717, 1.165) is 10.0 Å². The number of hydrogen-bond acceptors (Lipinski definition) is 3. The van der Waals surface area contributed by atoms with Gasteiger partial charge in [0, 0.05) is 4.47 Å².